The summed E-state index contributed by atoms with van der Waals surface area (Å²) in [5.74, 6) is 2.29. The van der Waals surface area contributed by atoms with Crippen LogP contribution in [0.15, 0.2) is 0 Å². The van der Waals surface area contributed by atoms with Crippen LogP contribution < -0.4 is 0 Å². The van der Waals surface area contributed by atoms with Gasteiger partial charge in [0.15, 0.2) is 0 Å². The molecule has 2 saturated carbocycles. The van der Waals surface area contributed by atoms with Crippen LogP contribution in [0, 0.1) is 23.2 Å². The van der Waals surface area contributed by atoms with E-state index in [4.69, 9.17) is 0 Å². The zero-order valence-corrected chi connectivity index (χ0v) is 7.67. The summed E-state index contributed by atoms with van der Waals surface area (Å²) in [7, 11) is 0. The Morgan fingerprint density at radius 3 is 2.27 bits per heavy atom. The van der Waals surface area contributed by atoms with Crippen molar-refractivity contribution in [3.63, 3.8) is 0 Å². The number of aliphatic hydroxyl groups excluding tert-OH is 1. The van der Waals surface area contributed by atoms with Crippen LogP contribution in [0.25, 0.3) is 0 Å². The van der Waals surface area contributed by atoms with E-state index < -0.39 is 0 Å². The summed E-state index contributed by atoms with van der Waals surface area (Å²) >= 11 is 0. The highest BCUT2D eigenvalue weighted by Gasteiger charge is 2.66. The van der Waals surface area contributed by atoms with Crippen LogP contribution in [0.1, 0.15) is 33.6 Å². The molecule has 0 radical (unpaired) electrons. The molecule has 0 saturated heterocycles. The molecule has 0 aromatic rings. The maximum atomic E-state index is 9.83. The second-order valence-electron chi connectivity index (χ2n) is 4.81. The average Bonchev–Trinajstić information content (AvgIpc) is 2.56. The highest BCUT2D eigenvalue weighted by atomic mass is 16.3. The summed E-state index contributed by atoms with van der Waals surface area (Å²) in [4.78, 5) is 0. The predicted octanol–water partition coefficient (Wildman–Crippen LogP) is 2.05. The Hall–Kier alpha value is -0.0400. The number of hydrogen-bond donors (Lipinski definition) is 1. The monoisotopic (exact) mass is 154 g/mol. The second-order valence-corrected chi connectivity index (χ2v) is 4.81. The minimum absolute atomic E-state index is 0.00231. The third-order valence-electron chi connectivity index (χ3n) is 4.08. The van der Waals surface area contributed by atoms with E-state index >= 15 is 0 Å². The zero-order chi connectivity index (χ0) is 8.22. The SMILES string of the molecule is CC1C[C@H](O)[C@@]2(C(C)C)C[C@@H]12. The molecule has 4 atom stereocenters. The Morgan fingerprint density at radius 1 is 1.45 bits per heavy atom. The Balaban J connectivity index is 2.19. The molecule has 0 heterocycles. The Bertz CT molecular complexity index is 172. The van der Waals surface area contributed by atoms with E-state index in [1.165, 1.54) is 6.42 Å². The fourth-order valence-electron chi connectivity index (χ4n) is 3.22. The first kappa shape index (κ1) is 7.60. The van der Waals surface area contributed by atoms with Gasteiger partial charge in [-0.05, 0) is 30.6 Å². The van der Waals surface area contributed by atoms with Crippen LogP contribution in [0.2, 0.25) is 0 Å². The van der Waals surface area contributed by atoms with Gasteiger partial charge in [-0.3, -0.25) is 0 Å². The number of aliphatic hydroxyl groups is 1. The summed E-state index contributed by atoms with van der Waals surface area (Å²) in [6.07, 6.45) is 2.33. The molecule has 2 aliphatic rings. The van der Waals surface area contributed by atoms with Gasteiger partial charge in [-0.1, -0.05) is 20.8 Å². The lowest BCUT2D eigenvalue weighted by molar-refractivity contribution is 0.0741. The molecule has 0 aromatic carbocycles. The molecule has 0 bridgehead atoms. The van der Waals surface area contributed by atoms with Gasteiger partial charge in [-0.2, -0.15) is 0 Å². The summed E-state index contributed by atoms with van der Waals surface area (Å²) in [6.45, 7) is 6.79. The molecule has 0 spiro atoms. The number of fused-ring (bicyclic) bond motifs is 1. The number of rotatable bonds is 1. The Labute approximate surface area is 68.8 Å². The van der Waals surface area contributed by atoms with Gasteiger partial charge in [0.1, 0.15) is 0 Å². The molecule has 64 valence electrons. The predicted molar refractivity (Wildman–Crippen MR) is 45.2 cm³/mol. The van der Waals surface area contributed by atoms with Crippen molar-refractivity contribution in [3.8, 4) is 0 Å². The van der Waals surface area contributed by atoms with Crippen LogP contribution in [-0.2, 0) is 0 Å². The van der Waals surface area contributed by atoms with Crippen molar-refractivity contribution < 1.29 is 5.11 Å². The summed E-state index contributed by atoms with van der Waals surface area (Å²) < 4.78 is 0. The van der Waals surface area contributed by atoms with Crippen LogP contribution in [-0.4, -0.2) is 11.2 Å². The topological polar surface area (TPSA) is 20.2 Å². The van der Waals surface area contributed by atoms with Crippen molar-refractivity contribution in [2.24, 2.45) is 23.2 Å². The summed E-state index contributed by atoms with van der Waals surface area (Å²) in [6, 6.07) is 0. The van der Waals surface area contributed by atoms with Crippen molar-refractivity contribution in [1.82, 2.24) is 0 Å². The highest BCUT2D eigenvalue weighted by molar-refractivity contribution is 5.15. The molecule has 0 aliphatic heterocycles. The van der Waals surface area contributed by atoms with E-state index in [1.54, 1.807) is 0 Å². The first-order valence-electron chi connectivity index (χ1n) is 4.77. The van der Waals surface area contributed by atoms with E-state index in [2.05, 4.69) is 20.8 Å². The molecule has 1 nitrogen and oxygen atoms in total. The lowest BCUT2D eigenvalue weighted by Crippen LogP contribution is -2.24. The Kier molecular flexibility index (Phi) is 1.39. The van der Waals surface area contributed by atoms with Gasteiger partial charge < -0.3 is 5.11 Å². The molecule has 1 heteroatoms. The molecule has 2 aliphatic carbocycles. The smallest absolute Gasteiger partial charge is 0.0604 e. The average molecular weight is 154 g/mol. The van der Waals surface area contributed by atoms with Crippen LogP contribution in [0.3, 0.4) is 0 Å². The van der Waals surface area contributed by atoms with Crippen molar-refractivity contribution in [2.45, 2.75) is 39.7 Å². The first-order chi connectivity index (χ1) is 5.09. The minimum Gasteiger partial charge on any atom is -0.393 e. The van der Waals surface area contributed by atoms with Gasteiger partial charge in [-0.15, -0.1) is 0 Å². The number of hydrogen-bond acceptors (Lipinski definition) is 1. The van der Waals surface area contributed by atoms with E-state index in [0.29, 0.717) is 11.3 Å². The maximum absolute atomic E-state index is 9.83. The normalized spacial score (nSPS) is 54.8. The minimum atomic E-state index is 0.00231. The van der Waals surface area contributed by atoms with Gasteiger partial charge in [0.2, 0.25) is 0 Å². The van der Waals surface area contributed by atoms with E-state index in [-0.39, 0.29) is 6.10 Å². The van der Waals surface area contributed by atoms with E-state index in [0.717, 1.165) is 18.3 Å². The lowest BCUT2D eigenvalue weighted by atomic mass is 9.88. The van der Waals surface area contributed by atoms with E-state index in [1.807, 2.05) is 0 Å². The van der Waals surface area contributed by atoms with Gasteiger partial charge in [0.25, 0.3) is 0 Å². The van der Waals surface area contributed by atoms with Crippen molar-refractivity contribution in [3.05, 3.63) is 0 Å². The summed E-state index contributed by atoms with van der Waals surface area (Å²) in [5.41, 5.74) is 0.347. The first-order valence-corrected chi connectivity index (χ1v) is 4.77. The van der Waals surface area contributed by atoms with E-state index in [9.17, 15) is 5.11 Å². The third-order valence-corrected chi connectivity index (χ3v) is 4.08. The van der Waals surface area contributed by atoms with Gasteiger partial charge in [0, 0.05) is 5.41 Å². The molecule has 0 aromatic heterocycles. The molecule has 1 N–H and O–H groups in total. The van der Waals surface area contributed by atoms with Crippen molar-refractivity contribution >= 4 is 0 Å². The molecular weight excluding hydrogens is 136 g/mol. The Morgan fingerprint density at radius 2 is 2.09 bits per heavy atom. The fourth-order valence-corrected chi connectivity index (χ4v) is 3.22. The maximum Gasteiger partial charge on any atom is 0.0604 e. The van der Waals surface area contributed by atoms with Crippen LogP contribution >= 0.6 is 0 Å². The molecule has 2 rings (SSSR count). The summed E-state index contributed by atoms with van der Waals surface area (Å²) in [5, 5.41) is 9.83. The third kappa shape index (κ3) is 0.752. The van der Waals surface area contributed by atoms with Crippen LogP contribution in [0.4, 0.5) is 0 Å². The lowest BCUT2D eigenvalue weighted by Gasteiger charge is -2.22. The van der Waals surface area contributed by atoms with Gasteiger partial charge >= 0.3 is 0 Å². The van der Waals surface area contributed by atoms with Crippen molar-refractivity contribution in [1.29, 1.82) is 0 Å². The molecule has 11 heavy (non-hydrogen) atoms. The molecular formula is C10H18O. The molecule has 0 amide bonds. The quantitative estimate of drug-likeness (QED) is 0.613. The largest absolute Gasteiger partial charge is 0.393 e. The van der Waals surface area contributed by atoms with Crippen molar-refractivity contribution in [2.75, 3.05) is 0 Å². The van der Waals surface area contributed by atoms with Crippen LogP contribution in [0.5, 0.6) is 0 Å². The molecule has 1 unspecified atom stereocenters. The highest BCUT2D eigenvalue weighted by Crippen LogP contribution is 2.69. The zero-order valence-electron chi connectivity index (χ0n) is 7.67. The second kappa shape index (κ2) is 2.01. The fraction of sp³-hybridized carbons (Fsp3) is 1.00. The van der Waals surface area contributed by atoms with Gasteiger partial charge in [0.05, 0.1) is 6.10 Å². The standard InChI is InChI=1S/C10H18O/c1-6(2)10-5-8(10)7(3)4-9(10)11/h6-9,11H,4-5H2,1-3H3/t7?,8-,9-,10+/m0/s1. The molecule has 2 fully saturated rings. The van der Waals surface area contributed by atoms with Gasteiger partial charge in [-0.25, -0.2) is 0 Å².